The van der Waals surface area contributed by atoms with Crippen molar-refractivity contribution in [1.29, 1.82) is 0 Å². The standard InChI is InChI=1S/C22H30N2/c1-2-3-4-6-13-21-14-16-24(18-19-10-9-15-23-17-19)22(21)20-11-7-5-8-12-20/h5,7-12,15,17,21-22H,2-4,6,13-14,16,18H2,1H3/t21-,22-/m1/s1. The lowest BCUT2D eigenvalue weighted by Crippen LogP contribution is -2.25. The molecule has 2 aromatic rings. The van der Waals surface area contributed by atoms with Gasteiger partial charge in [-0.25, -0.2) is 0 Å². The van der Waals surface area contributed by atoms with Gasteiger partial charge in [0.25, 0.3) is 0 Å². The molecule has 0 spiro atoms. The summed E-state index contributed by atoms with van der Waals surface area (Å²) in [6.07, 6.45) is 12.0. The average molecular weight is 322 g/mol. The predicted octanol–water partition coefficient (Wildman–Crippen LogP) is 5.62. The van der Waals surface area contributed by atoms with Crippen LogP contribution in [0.3, 0.4) is 0 Å². The van der Waals surface area contributed by atoms with E-state index < -0.39 is 0 Å². The Hall–Kier alpha value is -1.67. The molecule has 0 radical (unpaired) electrons. The highest BCUT2D eigenvalue weighted by atomic mass is 15.2. The van der Waals surface area contributed by atoms with Crippen LogP contribution < -0.4 is 0 Å². The molecule has 0 saturated carbocycles. The van der Waals surface area contributed by atoms with Gasteiger partial charge >= 0.3 is 0 Å². The fraction of sp³-hybridized carbons (Fsp3) is 0.500. The first-order valence-electron chi connectivity index (χ1n) is 9.56. The number of hydrogen-bond donors (Lipinski definition) is 0. The molecule has 2 heterocycles. The van der Waals surface area contributed by atoms with Crippen molar-refractivity contribution in [1.82, 2.24) is 9.88 Å². The molecule has 128 valence electrons. The molecule has 0 aliphatic carbocycles. The van der Waals surface area contributed by atoms with Crippen LogP contribution in [0.1, 0.15) is 62.6 Å². The lowest BCUT2D eigenvalue weighted by atomic mass is 9.89. The number of unbranched alkanes of at least 4 members (excludes halogenated alkanes) is 3. The molecule has 2 heteroatoms. The number of hydrogen-bond acceptors (Lipinski definition) is 2. The van der Waals surface area contributed by atoms with Gasteiger partial charge < -0.3 is 0 Å². The van der Waals surface area contributed by atoms with Crippen LogP contribution in [0, 0.1) is 5.92 Å². The van der Waals surface area contributed by atoms with Crippen molar-refractivity contribution in [2.75, 3.05) is 6.54 Å². The van der Waals surface area contributed by atoms with E-state index in [0.29, 0.717) is 6.04 Å². The SMILES string of the molecule is CCCCCC[C@@H]1CCN(Cc2cccnc2)[C@@H]1c1ccccc1. The van der Waals surface area contributed by atoms with Crippen molar-refractivity contribution in [3.05, 3.63) is 66.0 Å². The molecule has 0 bridgehead atoms. The van der Waals surface area contributed by atoms with Gasteiger partial charge in [0.15, 0.2) is 0 Å². The average Bonchev–Trinajstić information content (AvgIpc) is 3.03. The zero-order chi connectivity index (χ0) is 16.6. The lowest BCUT2D eigenvalue weighted by Gasteiger charge is -2.29. The maximum Gasteiger partial charge on any atom is 0.0380 e. The molecule has 1 aliphatic heterocycles. The Morgan fingerprint density at radius 1 is 1.04 bits per heavy atom. The minimum Gasteiger partial charge on any atom is -0.292 e. The van der Waals surface area contributed by atoms with E-state index in [1.54, 1.807) is 0 Å². The van der Waals surface area contributed by atoms with E-state index in [0.717, 1.165) is 12.5 Å². The van der Waals surface area contributed by atoms with Crippen LogP contribution >= 0.6 is 0 Å². The summed E-state index contributed by atoms with van der Waals surface area (Å²) in [6, 6.07) is 15.9. The summed E-state index contributed by atoms with van der Waals surface area (Å²) in [5.41, 5.74) is 2.81. The van der Waals surface area contributed by atoms with Gasteiger partial charge in [0.05, 0.1) is 0 Å². The molecule has 1 aliphatic rings. The zero-order valence-electron chi connectivity index (χ0n) is 14.9. The lowest BCUT2D eigenvalue weighted by molar-refractivity contribution is 0.213. The Labute approximate surface area is 146 Å². The van der Waals surface area contributed by atoms with Gasteiger partial charge in [0, 0.05) is 25.0 Å². The zero-order valence-corrected chi connectivity index (χ0v) is 14.9. The summed E-state index contributed by atoms with van der Waals surface area (Å²) in [4.78, 5) is 6.95. The predicted molar refractivity (Wildman–Crippen MR) is 101 cm³/mol. The molecule has 1 aromatic heterocycles. The van der Waals surface area contributed by atoms with E-state index in [1.807, 2.05) is 18.5 Å². The third-order valence-electron chi connectivity index (χ3n) is 5.31. The van der Waals surface area contributed by atoms with Gasteiger partial charge in [-0.05, 0) is 42.5 Å². The van der Waals surface area contributed by atoms with Gasteiger partial charge in [0.2, 0.25) is 0 Å². The van der Waals surface area contributed by atoms with Crippen molar-refractivity contribution in [2.45, 2.75) is 58.0 Å². The summed E-state index contributed by atoms with van der Waals surface area (Å²) < 4.78 is 0. The minimum absolute atomic E-state index is 0.563. The van der Waals surface area contributed by atoms with Crippen LogP contribution in [0.15, 0.2) is 54.9 Å². The molecule has 1 aromatic carbocycles. The summed E-state index contributed by atoms with van der Waals surface area (Å²) in [7, 11) is 0. The second-order valence-electron chi connectivity index (χ2n) is 7.09. The van der Waals surface area contributed by atoms with Crippen molar-refractivity contribution in [3.8, 4) is 0 Å². The van der Waals surface area contributed by atoms with E-state index in [-0.39, 0.29) is 0 Å². The van der Waals surface area contributed by atoms with Crippen LogP contribution in [0.4, 0.5) is 0 Å². The fourth-order valence-electron chi connectivity index (χ4n) is 4.10. The molecule has 0 amide bonds. The number of rotatable bonds is 8. The Bertz CT molecular complexity index is 581. The van der Waals surface area contributed by atoms with Crippen LogP contribution in [-0.2, 0) is 6.54 Å². The summed E-state index contributed by atoms with van der Waals surface area (Å²) >= 11 is 0. The normalized spacial score (nSPS) is 21.2. The molecule has 2 nitrogen and oxygen atoms in total. The Morgan fingerprint density at radius 2 is 1.92 bits per heavy atom. The molecule has 1 saturated heterocycles. The monoisotopic (exact) mass is 322 g/mol. The smallest absolute Gasteiger partial charge is 0.0380 e. The van der Waals surface area contributed by atoms with Gasteiger partial charge in [0.1, 0.15) is 0 Å². The maximum absolute atomic E-state index is 4.29. The first-order chi connectivity index (χ1) is 11.9. The van der Waals surface area contributed by atoms with E-state index in [2.05, 4.69) is 53.2 Å². The largest absolute Gasteiger partial charge is 0.292 e. The quantitative estimate of drug-likeness (QED) is 0.587. The second kappa shape index (κ2) is 8.98. The highest BCUT2D eigenvalue weighted by Crippen LogP contribution is 2.40. The van der Waals surface area contributed by atoms with Gasteiger partial charge in [-0.1, -0.05) is 69.0 Å². The number of pyridine rings is 1. The van der Waals surface area contributed by atoms with Gasteiger partial charge in [-0.3, -0.25) is 9.88 Å². The third-order valence-corrected chi connectivity index (χ3v) is 5.31. The van der Waals surface area contributed by atoms with Crippen LogP contribution in [0.25, 0.3) is 0 Å². The van der Waals surface area contributed by atoms with Crippen LogP contribution in [0.5, 0.6) is 0 Å². The van der Waals surface area contributed by atoms with E-state index in [9.17, 15) is 0 Å². The molecule has 3 rings (SSSR count). The molecule has 0 N–H and O–H groups in total. The van der Waals surface area contributed by atoms with Crippen LogP contribution in [-0.4, -0.2) is 16.4 Å². The van der Waals surface area contributed by atoms with Crippen molar-refractivity contribution in [3.63, 3.8) is 0 Å². The number of benzene rings is 1. The number of nitrogens with zero attached hydrogens (tertiary/aromatic N) is 2. The number of aromatic nitrogens is 1. The molecule has 0 unspecified atom stereocenters. The van der Waals surface area contributed by atoms with Gasteiger partial charge in [-0.15, -0.1) is 0 Å². The number of likely N-dealkylation sites (tertiary alicyclic amines) is 1. The molecule has 2 atom stereocenters. The van der Waals surface area contributed by atoms with E-state index >= 15 is 0 Å². The van der Waals surface area contributed by atoms with Crippen molar-refractivity contribution in [2.24, 2.45) is 5.92 Å². The topological polar surface area (TPSA) is 16.1 Å². The van der Waals surface area contributed by atoms with Gasteiger partial charge in [-0.2, -0.15) is 0 Å². The molecule has 1 fully saturated rings. The summed E-state index contributed by atoms with van der Waals surface area (Å²) in [6.45, 7) is 4.50. The minimum atomic E-state index is 0.563. The highest BCUT2D eigenvalue weighted by Gasteiger charge is 2.34. The van der Waals surface area contributed by atoms with E-state index in [1.165, 1.54) is 56.2 Å². The maximum atomic E-state index is 4.29. The molecule has 24 heavy (non-hydrogen) atoms. The van der Waals surface area contributed by atoms with Crippen LogP contribution in [0.2, 0.25) is 0 Å². The highest BCUT2D eigenvalue weighted by molar-refractivity contribution is 5.22. The summed E-state index contributed by atoms with van der Waals surface area (Å²) in [5.74, 6) is 0.793. The Kier molecular flexibility index (Phi) is 6.42. The molecular weight excluding hydrogens is 292 g/mol. The first kappa shape index (κ1) is 17.2. The third kappa shape index (κ3) is 4.45. The summed E-state index contributed by atoms with van der Waals surface area (Å²) in [5, 5.41) is 0. The van der Waals surface area contributed by atoms with E-state index in [4.69, 9.17) is 0 Å². The fourth-order valence-corrected chi connectivity index (χ4v) is 4.10. The Morgan fingerprint density at radius 3 is 2.67 bits per heavy atom. The Balaban J connectivity index is 1.71. The van der Waals surface area contributed by atoms with Crippen molar-refractivity contribution >= 4 is 0 Å². The van der Waals surface area contributed by atoms with Crippen molar-refractivity contribution < 1.29 is 0 Å². The first-order valence-corrected chi connectivity index (χ1v) is 9.56. The molecular formula is C22H30N2. The second-order valence-corrected chi connectivity index (χ2v) is 7.09.